The number of morpholine rings is 1. The predicted octanol–water partition coefficient (Wildman–Crippen LogP) is 5.05. The zero-order chi connectivity index (χ0) is 21.6. The number of benzene rings is 2. The third-order valence-corrected chi connectivity index (χ3v) is 7.54. The smallest absolute Gasteiger partial charge is 0.239 e. The van der Waals surface area contributed by atoms with Crippen molar-refractivity contribution >= 4 is 60.3 Å². The first-order valence-corrected chi connectivity index (χ1v) is 12.7. The fourth-order valence-electron chi connectivity index (χ4n) is 3.36. The highest BCUT2D eigenvalue weighted by Gasteiger charge is 2.21. The van der Waals surface area contributed by atoms with Gasteiger partial charge in [0.2, 0.25) is 5.91 Å². The number of halogens is 2. The summed E-state index contributed by atoms with van der Waals surface area (Å²) in [5.41, 5.74) is 0.889. The lowest BCUT2D eigenvalue weighted by atomic mass is 10.3. The van der Waals surface area contributed by atoms with Gasteiger partial charge in [0.25, 0.3) is 0 Å². The van der Waals surface area contributed by atoms with Gasteiger partial charge in [0, 0.05) is 35.5 Å². The van der Waals surface area contributed by atoms with E-state index in [1.54, 1.807) is 17.0 Å². The first-order valence-electron chi connectivity index (χ1n) is 10.1. The number of fused-ring (bicyclic) bond motifs is 1. The lowest BCUT2D eigenvalue weighted by Gasteiger charge is -2.27. The molecule has 1 aliphatic rings. The maximum Gasteiger partial charge on any atom is 0.239 e. The van der Waals surface area contributed by atoms with E-state index in [2.05, 4.69) is 20.8 Å². The Morgan fingerprint density at radius 1 is 1.23 bits per heavy atom. The second-order valence-corrected chi connectivity index (χ2v) is 10.2. The van der Waals surface area contributed by atoms with Gasteiger partial charge in [-0.05, 0) is 48.9 Å². The maximum absolute atomic E-state index is 13.2. The van der Waals surface area contributed by atoms with Crippen molar-refractivity contribution in [3.63, 3.8) is 0 Å². The van der Waals surface area contributed by atoms with Crippen LogP contribution >= 0.6 is 39.0 Å². The van der Waals surface area contributed by atoms with Gasteiger partial charge in [-0.1, -0.05) is 27.3 Å². The summed E-state index contributed by atoms with van der Waals surface area (Å²) in [7, 11) is 0. The molecule has 0 bridgehead atoms. The minimum absolute atomic E-state index is 0.00873. The molecule has 1 fully saturated rings. The van der Waals surface area contributed by atoms with Gasteiger partial charge in [-0.3, -0.25) is 14.6 Å². The Morgan fingerprint density at radius 2 is 2.00 bits per heavy atom. The van der Waals surface area contributed by atoms with Gasteiger partial charge in [-0.15, -0.1) is 11.8 Å². The number of nitrogens with zero attached hydrogens (tertiary/aromatic N) is 3. The van der Waals surface area contributed by atoms with Gasteiger partial charge >= 0.3 is 0 Å². The van der Waals surface area contributed by atoms with E-state index in [0.29, 0.717) is 6.54 Å². The number of carbonyl (C=O) groups is 1. The number of anilines is 1. The Morgan fingerprint density at radius 3 is 2.77 bits per heavy atom. The standard InChI is InChI=1S/C22H23BrFN3O2S2/c23-16-2-7-19-20(14-16)31-22(25-19)27(9-1-8-26-10-12-29-13-11-26)21(28)15-30-18-5-3-17(24)4-6-18/h2-7,14H,1,8-13,15H2. The second kappa shape index (κ2) is 10.9. The highest BCUT2D eigenvalue weighted by Crippen LogP contribution is 2.32. The molecule has 3 aromatic rings. The van der Waals surface area contributed by atoms with Crippen LogP contribution in [0.1, 0.15) is 6.42 Å². The third kappa shape index (κ3) is 6.26. The molecule has 4 rings (SSSR count). The lowest BCUT2D eigenvalue weighted by Crippen LogP contribution is -2.39. The number of aromatic nitrogens is 1. The van der Waals surface area contributed by atoms with E-state index < -0.39 is 0 Å². The number of amides is 1. The number of carbonyl (C=O) groups excluding carboxylic acids is 1. The van der Waals surface area contributed by atoms with Gasteiger partial charge < -0.3 is 4.74 Å². The Kier molecular flexibility index (Phi) is 7.95. The summed E-state index contributed by atoms with van der Waals surface area (Å²) in [6, 6.07) is 12.2. The van der Waals surface area contributed by atoms with Crippen LogP contribution in [0.2, 0.25) is 0 Å². The van der Waals surface area contributed by atoms with Crippen molar-refractivity contribution in [2.45, 2.75) is 11.3 Å². The van der Waals surface area contributed by atoms with Crippen LogP contribution in [-0.2, 0) is 9.53 Å². The number of hydrogen-bond donors (Lipinski definition) is 0. The largest absolute Gasteiger partial charge is 0.379 e. The molecule has 1 amide bonds. The zero-order valence-electron chi connectivity index (χ0n) is 16.9. The highest BCUT2D eigenvalue weighted by atomic mass is 79.9. The molecule has 31 heavy (non-hydrogen) atoms. The Balaban J connectivity index is 1.46. The number of ether oxygens (including phenoxy) is 1. The molecule has 0 aliphatic carbocycles. The van der Waals surface area contributed by atoms with Crippen molar-refractivity contribution in [1.82, 2.24) is 9.88 Å². The average Bonchev–Trinajstić information content (AvgIpc) is 3.19. The fraction of sp³-hybridized carbons (Fsp3) is 0.364. The van der Waals surface area contributed by atoms with Crippen molar-refractivity contribution in [2.75, 3.05) is 50.0 Å². The van der Waals surface area contributed by atoms with Crippen molar-refractivity contribution < 1.29 is 13.9 Å². The maximum atomic E-state index is 13.2. The molecule has 5 nitrogen and oxygen atoms in total. The minimum atomic E-state index is -0.277. The molecule has 2 aromatic carbocycles. The van der Waals surface area contributed by atoms with Crippen LogP contribution in [0.5, 0.6) is 0 Å². The quantitative estimate of drug-likeness (QED) is 0.386. The van der Waals surface area contributed by atoms with E-state index in [9.17, 15) is 9.18 Å². The molecule has 0 saturated carbocycles. The summed E-state index contributed by atoms with van der Waals surface area (Å²) < 4.78 is 20.6. The Hall–Kier alpha value is -1.52. The zero-order valence-corrected chi connectivity index (χ0v) is 20.1. The van der Waals surface area contributed by atoms with Gasteiger partial charge in [0.1, 0.15) is 5.82 Å². The van der Waals surface area contributed by atoms with Crippen LogP contribution in [0, 0.1) is 5.82 Å². The van der Waals surface area contributed by atoms with E-state index >= 15 is 0 Å². The van der Waals surface area contributed by atoms with Crippen LogP contribution in [0.3, 0.4) is 0 Å². The summed E-state index contributed by atoms with van der Waals surface area (Å²) in [4.78, 5) is 22.9. The molecule has 2 heterocycles. The van der Waals surface area contributed by atoms with Crippen LogP contribution in [0.15, 0.2) is 51.8 Å². The van der Waals surface area contributed by atoms with Crippen molar-refractivity contribution in [1.29, 1.82) is 0 Å². The number of thioether (sulfide) groups is 1. The van der Waals surface area contributed by atoms with Gasteiger partial charge in [0.05, 0.1) is 29.2 Å². The Bertz CT molecular complexity index is 1030. The Labute approximate surface area is 197 Å². The van der Waals surface area contributed by atoms with Crippen LogP contribution in [-0.4, -0.2) is 60.9 Å². The molecule has 1 aliphatic heterocycles. The molecule has 164 valence electrons. The van der Waals surface area contributed by atoms with Crippen molar-refractivity contribution in [3.05, 3.63) is 52.8 Å². The molecular formula is C22H23BrFN3O2S2. The third-order valence-electron chi connectivity index (χ3n) is 5.01. The minimum Gasteiger partial charge on any atom is -0.379 e. The average molecular weight is 524 g/mol. The van der Waals surface area contributed by atoms with Gasteiger partial charge in [-0.2, -0.15) is 0 Å². The number of hydrogen-bond acceptors (Lipinski definition) is 6. The number of thiazole rings is 1. The van der Waals surface area contributed by atoms with Gasteiger partial charge in [-0.25, -0.2) is 9.37 Å². The normalized spacial score (nSPS) is 14.8. The van der Waals surface area contributed by atoms with E-state index in [1.165, 1.54) is 35.2 Å². The molecule has 0 spiro atoms. The van der Waals surface area contributed by atoms with Crippen molar-refractivity contribution in [3.8, 4) is 0 Å². The summed E-state index contributed by atoms with van der Waals surface area (Å²) >= 11 is 6.45. The molecule has 0 unspecified atom stereocenters. The molecular weight excluding hydrogens is 501 g/mol. The van der Waals surface area contributed by atoms with E-state index in [1.807, 2.05) is 18.2 Å². The molecule has 9 heteroatoms. The first-order chi connectivity index (χ1) is 15.1. The van der Waals surface area contributed by atoms with Crippen LogP contribution in [0.4, 0.5) is 9.52 Å². The highest BCUT2D eigenvalue weighted by molar-refractivity contribution is 9.10. The summed E-state index contributed by atoms with van der Waals surface area (Å²) in [6.07, 6.45) is 0.868. The monoisotopic (exact) mass is 523 g/mol. The summed E-state index contributed by atoms with van der Waals surface area (Å²) in [5, 5.41) is 0.722. The van der Waals surface area contributed by atoms with Gasteiger partial charge in [0.15, 0.2) is 5.13 Å². The fourth-order valence-corrected chi connectivity index (χ4v) is 5.70. The topological polar surface area (TPSA) is 45.7 Å². The number of rotatable bonds is 8. The molecule has 1 saturated heterocycles. The lowest BCUT2D eigenvalue weighted by molar-refractivity contribution is -0.116. The van der Waals surface area contributed by atoms with Crippen LogP contribution in [0.25, 0.3) is 10.2 Å². The first kappa shape index (κ1) is 22.7. The molecule has 0 radical (unpaired) electrons. The van der Waals surface area contributed by atoms with E-state index in [4.69, 9.17) is 9.72 Å². The second-order valence-electron chi connectivity index (χ2n) is 7.20. The molecule has 0 atom stereocenters. The summed E-state index contributed by atoms with van der Waals surface area (Å²) in [5.74, 6) is 0.0125. The van der Waals surface area contributed by atoms with E-state index in [-0.39, 0.29) is 17.5 Å². The molecule has 0 N–H and O–H groups in total. The summed E-state index contributed by atoms with van der Waals surface area (Å²) in [6.45, 7) is 4.94. The van der Waals surface area contributed by atoms with Crippen molar-refractivity contribution in [2.24, 2.45) is 0 Å². The van der Waals surface area contributed by atoms with E-state index in [0.717, 1.165) is 64.0 Å². The molecule has 1 aromatic heterocycles. The van der Waals surface area contributed by atoms with Crippen LogP contribution < -0.4 is 4.90 Å². The SMILES string of the molecule is O=C(CSc1ccc(F)cc1)N(CCCN1CCOCC1)c1nc2ccc(Br)cc2s1. The predicted molar refractivity (Wildman–Crippen MR) is 129 cm³/mol.